The molecule has 0 saturated heterocycles. The van der Waals surface area contributed by atoms with E-state index in [1.54, 1.807) is 0 Å². The Labute approximate surface area is 144 Å². The molecule has 1 aromatic heterocycles. The quantitative estimate of drug-likeness (QED) is 0.884. The fourth-order valence-electron chi connectivity index (χ4n) is 3.27. The molecule has 4 heteroatoms. The molecule has 0 aliphatic carbocycles. The van der Waals surface area contributed by atoms with Crippen LogP contribution in [0.2, 0.25) is 0 Å². The van der Waals surface area contributed by atoms with E-state index in [2.05, 4.69) is 60.2 Å². The van der Waals surface area contributed by atoms with Gasteiger partial charge in [0.05, 0.1) is 5.69 Å². The zero-order chi connectivity index (χ0) is 16.9. The minimum absolute atomic E-state index is 0.195. The molecule has 0 spiro atoms. The van der Waals surface area contributed by atoms with Crippen molar-refractivity contribution < 1.29 is 4.74 Å². The predicted molar refractivity (Wildman–Crippen MR) is 97.4 cm³/mol. The van der Waals surface area contributed by atoms with E-state index in [4.69, 9.17) is 4.74 Å². The Morgan fingerprint density at radius 3 is 2.75 bits per heavy atom. The topological polar surface area (TPSA) is 37.4 Å². The van der Waals surface area contributed by atoms with Gasteiger partial charge >= 0.3 is 0 Å². The van der Waals surface area contributed by atoms with E-state index in [0.717, 1.165) is 44.0 Å². The van der Waals surface area contributed by atoms with E-state index in [1.165, 1.54) is 16.7 Å². The number of rotatable bonds is 6. The average Bonchev–Trinajstić information content (AvgIpc) is 2.76. The lowest BCUT2D eigenvalue weighted by Crippen LogP contribution is -2.36. The molecule has 0 radical (unpaired) electrons. The number of ether oxygens (including phenoxy) is 1. The van der Waals surface area contributed by atoms with Gasteiger partial charge in [0.25, 0.3) is 0 Å². The van der Waals surface area contributed by atoms with Crippen molar-refractivity contribution in [3.8, 4) is 5.75 Å². The second-order valence-corrected chi connectivity index (χ2v) is 6.27. The summed E-state index contributed by atoms with van der Waals surface area (Å²) in [6, 6.07) is 10.5. The van der Waals surface area contributed by atoms with Crippen molar-refractivity contribution in [3.63, 3.8) is 0 Å². The Balaban J connectivity index is 1.83. The molecule has 1 aliphatic rings. The summed E-state index contributed by atoms with van der Waals surface area (Å²) in [5.41, 5.74) is 4.66. The Morgan fingerprint density at radius 2 is 1.96 bits per heavy atom. The minimum atomic E-state index is -0.195. The standard InChI is InChI=1S/C20H27N3O/c1-4-23(5-2)13-12-22-20-18-16(10-7-11-21-18)14-17-9-6-8-15(3)19(17)24-20/h6-11,20,22H,4-5,12-14H2,1-3H3. The Kier molecular flexibility index (Phi) is 5.48. The SMILES string of the molecule is CCN(CC)CCNC1Oc2c(C)cccc2Cc2cccnc21. The Hall–Kier alpha value is -1.91. The third-order valence-electron chi connectivity index (χ3n) is 4.74. The fraction of sp³-hybridized carbons (Fsp3) is 0.450. The molecule has 0 bridgehead atoms. The van der Waals surface area contributed by atoms with E-state index in [-0.39, 0.29) is 6.23 Å². The lowest BCUT2D eigenvalue weighted by Gasteiger charge is -2.23. The van der Waals surface area contributed by atoms with Crippen LogP contribution in [0.15, 0.2) is 36.5 Å². The number of hydrogen-bond acceptors (Lipinski definition) is 4. The van der Waals surface area contributed by atoms with Crippen LogP contribution in [0.5, 0.6) is 5.75 Å². The molecular weight excluding hydrogens is 298 g/mol. The molecule has 0 fully saturated rings. The van der Waals surface area contributed by atoms with Gasteiger partial charge in [-0.15, -0.1) is 0 Å². The molecule has 1 N–H and O–H groups in total. The number of hydrogen-bond donors (Lipinski definition) is 1. The highest BCUT2D eigenvalue weighted by atomic mass is 16.5. The summed E-state index contributed by atoms with van der Waals surface area (Å²) in [5, 5.41) is 3.56. The number of nitrogens with one attached hydrogen (secondary N) is 1. The highest BCUT2D eigenvalue weighted by Crippen LogP contribution is 2.34. The first-order valence-corrected chi connectivity index (χ1v) is 8.87. The third-order valence-corrected chi connectivity index (χ3v) is 4.74. The molecule has 128 valence electrons. The number of pyridine rings is 1. The molecule has 2 aromatic rings. The van der Waals surface area contributed by atoms with Gasteiger partial charge in [0.15, 0.2) is 6.23 Å². The summed E-state index contributed by atoms with van der Waals surface area (Å²) in [6.07, 6.45) is 2.53. The van der Waals surface area contributed by atoms with E-state index in [9.17, 15) is 0 Å². The van der Waals surface area contributed by atoms with E-state index < -0.39 is 0 Å². The highest BCUT2D eigenvalue weighted by Gasteiger charge is 2.24. The summed E-state index contributed by atoms with van der Waals surface area (Å²) in [7, 11) is 0. The van der Waals surface area contributed by atoms with E-state index in [0.29, 0.717) is 0 Å². The van der Waals surface area contributed by atoms with Gasteiger partial charge in [-0.05, 0) is 42.8 Å². The van der Waals surface area contributed by atoms with E-state index >= 15 is 0 Å². The first-order valence-electron chi connectivity index (χ1n) is 8.87. The van der Waals surface area contributed by atoms with Gasteiger partial charge in [0.2, 0.25) is 0 Å². The molecule has 0 amide bonds. The van der Waals surface area contributed by atoms with Gasteiger partial charge in [-0.1, -0.05) is 38.1 Å². The maximum Gasteiger partial charge on any atom is 0.193 e. The van der Waals surface area contributed by atoms with Crippen LogP contribution in [-0.2, 0) is 6.42 Å². The molecule has 24 heavy (non-hydrogen) atoms. The first kappa shape index (κ1) is 16.9. The first-order chi connectivity index (χ1) is 11.7. The molecule has 3 rings (SSSR count). The van der Waals surface area contributed by atoms with Gasteiger partial charge in [0, 0.05) is 25.7 Å². The van der Waals surface area contributed by atoms with Crippen molar-refractivity contribution in [2.45, 2.75) is 33.4 Å². The van der Waals surface area contributed by atoms with Crippen LogP contribution in [-0.4, -0.2) is 36.1 Å². The van der Waals surface area contributed by atoms with E-state index in [1.807, 2.05) is 12.3 Å². The van der Waals surface area contributed by atoms with Gasteiger partial charge < -0.3 is 9.64 Å². The van der Waals surface area contributed by atoms with Gasteiger partial charge in [-0.2, -0.15) is 0 Å². The number of nitrogens with zero attached hydrogens (tertiary/aromatic N) is 2. The largest absolute Gasteiger partial charge is 0.469 e. The highest BCUT2D eigenvalue weighted by molar-refractivity contribution is 5.46. The monoisotopic (exact) mass is 325 g/mol. The van der Waals surface area contributed by atoms with Crippen molar-refractivity contribution in [2.24, 2.45) is 0 Å². The molecule has 1 aromatic carbocycles. The molecule has 1 atom stereocenters. The zero-order valence-corrected chi connectivity index (χ0v) is 14.9. The van der Waals surface area contributed by atoms with Crippen LogP contribution in [0.4, 0.5) is 0 Å². The molecule has 0 saturated carbocycles. The maximum atomic E-state index is 6.37. The third kappa shape index (κ3) is 3.60. The Bertz CT molecular complexity index is 682. The molecule has 1 aliphatic heterocycles. The predicted octanol–water partition coefficient (Wildman–Crippen LogP) is 3.30. The summed E-state index contributed by atoms with van der Waals surface area (Å²) in [5.74, 6) is 0.996. The van der Waals surface area contributed by atoms with Gasteiger partial charge in [0.1, 0.15) is 5.75 Å². The number of aromatic nitrogens is 1. The summed E-state index contributed by atoms with van der Waals surface area (Å²) in [4.78, 5) is 7.02. The van der Waals surface area contributed by atoms with Crippen LogP contribution in [0, 0.1) is 6.92 Å². The van der Waals surface area contributed by atoms with Crippen molar-refractivity contribution in [1.29, 1.82) is 0 Å². The maximum absolute atomic E-state index is 6.37. The normalized spacial score (nSPS) is 16.2. The smallest absolute Gasteiger partial charge is 0.193 e. The summed E-state index contributed by atoms with van der Waals surface area (Å²) >= 11 is 0. The average molecular weight is 325 g/mol. The Morgan fingerprint density at radius 1 is 1.17 bits per heavy atom. The summed E-state index contributed by atoms with van der Waals surface area (Å²) < 4.78 is 6.37. The van der Waals surface area contributed by atoms with Crippen LogP contribution in [0.3, 0.4) is 0 Å². The van der Waals surface area contributed by atoms with Gasteiger partial charge in [-0.25, -0.2) is 0 Å². The minimum Gasteiger partial charge on any atom is -0.469 e. The molecule has 1 unspecified atom stereocenters. The molecular formula is C20H27N3O. The van der Waals surface area contributed by atoms with Crippen molar-refractivity contribution in [2.75, 3.05) is 26.2 Å². The molecule has 4 nitrogen and oxygen atoms in total. The second kappa shape index (κ2) is 7.77. The summed E-state index contributed by atoms with van der Waals surface area (Å²) in [6.45, 7) is 10.5. The van der Waals surface area contributed by atoms with Crippen LogP contribution in [0.1, 0.15) is 42.5 Å². The lowest BCUT2D eigenvalue weighted by atomic mass is 10.0. The number of aryl methyl sites for hydroxylation is 1. The number of para-hydroxylation sites is 1. The second-order valence-electron chi connectivity index (χ2n) is 6.27. The van der Waals surface area contributed by atoms with Crippen LogP contribution >= 0.6 is 0 Å². The number of benzene rings is 1. The van der Waals surface area contributed by atoms with Crippen molar-refractivity contribution in [1.82, 2.24) is 15.2 Å². The number of fused-ring (bicyclic) bond motifs is 2. The number of likely N-dealkylation sites (N-methyl/N-ethyl adjacent to an activating group) is 1. The zero-order valence-electron chi connectivity index (χ0n) is 14.9. The lowest BCUT2D eigenvalue weighted by molar-refractivity contribution is 0.154. The van der Waals surface area contributed by atoms with Crippen LogP contribution in [0.25, 0.3) is 0 Å². The van der Waals surface area contributed by atoms with Gasteiger partial charge in [-0.3, -0.25) is 10.3 Å². The van der Waals surface area contributed by atoms with Crippen LogP contribution < -0.4 is 10.1 Å². The van der Waals surface area contributed by atoms with Crippen molar-refractivity contribution >= 4 is 0 Å². The van der Waals surface area contributed by atoms with Crippen molar-refractivity contribution in [3.05, 3.63) is 58.9 Å². The molecule has 2 heterocycles. The fourth-order valence-corrected chi connectivity index (χ4v) is 3.27.